The Bertz CT molecular complexity index is 564. The molecule has 4 nitrogen and oxygen atoms in total. The predicted octanol–water partition coefficient (Wildman–Crippen LogP) is 3.33. The zero-order valence-corrected chi connectivity index (χ0v) is 13.2. The van der Waals surface area contributed by atoms with Crippen molar-refractivity contribution in [1.82, 2.24) is 5.32 Å². The number of esters is 1. The van der Waals surface area contributed by atoms with Crippen LogP contribution < -0.4 is 5.32 Å². The Kier molecular flexibility index (Phi) is 5.77. The average Bonchev–Trinajstić information content (AvgIpc) is 2.49. The van der Waals surface area contributed by atoms with E-state index in [4.69, 9.17) is 16.3 Å². The van der Waals surface area contributed by atoms with Crippen LogP contribution in [0.2, 0.25) is 5.02 Å². The molecule has 1 aromatic rings. The molecule has 1 aliphatic rings. The van der Waals surface area contributed by atoms with E-state index in [-0.39, 0.29) is 22.5 Å². The first-order valence-corrected chi connectivity index (χ1v) is 7.76. The van der Waals surface area contributed by atoms with Gasteiger partial charge in [-0.15, -0.1) is 0 Å². The van der Waals surface area contributed by atoms with Crippen LogP contribution in [0, 0.1) is 11.7 Å². The van der Waals surface area contributed by atoms with E-state index < -0.39 is 18.4 Å². The van der Waals surface area contributed by atoms with Crippen LogP contribution in [0.15, 0.2) is 18.2 Å². The van der Waals surface area contributed by atoms with E-state index in [1.165, 1.54) is 18.6 Å². The van der Waals surface area contributed by atoms with E-state index in [0.29, 0.717) is 5.92 Å². The Morgan fingerprint density at radius 1 is 1.36 bits per heavy atom. The number of amides is 1. The molecule has 120 valence electrons. The molecule has 0 radical (unpaired) electrons. The summed E-state index contributed by atoms with van der Waals surface area (Å²) in [7, 11) is 0. The molecule has 2 atom stereocenters. The highest BCUT2D eigenvalue weighted by Crippen LogP contribution is 2.23. The van der Waals surface area contributed by atoms with Gasteiger partial charge in [0.25, 0.3) is 5.91 Å². The fraction of sp³-hybridized carbons (Fsp3) is 0.500. The van der Waals surface area contributed by atoms with Gasteiger partial charge in [0.2, 0.25) is 0 Å². The molecular formula is C16H19ClFNO3. The summed E-state index contributed by atoms with van der Waals surface area (Å²) in [5, 5.41) is 3.10. The van der Waals surface area contributed by atoms with E-state index in [1.807, 2.05) is 0 Å². The Morgan fingerprint density at radius 3 is 2.82 bits per heavy atom. The molecule has 0 bridgehead atoms. The van der Waals surface area contributed by atoms with Crippen molar-refractivity contribution in [3.63, 3.8) is 0 Å². The molecule has 1 aromatic carbocycles. The molecule has 1 fully saturated rings. The number of ether oxygens (including phenoxy) is 1. The van der Waals surface area contributed by atoms with Crippen LogP contribution in [0.1, 0.15) is 43.0 Å². The van der Waals surface area contributed by atoms with Gasteiger partial charge in [-0.3, -0.25) is 4.79 Å². The van der Waals surface area contributed by atoms with Crippen LogP contribution in [0.4, 0.5) is 4.39 Å². The molecule has 0 heterocycles. The van der Waals surface area contributed by atoms with E-state index in [1.54, 1.807) is 0 Å². The lowest BCUT2D eigenvalue weighted by Gasteiger charge is -2.29. The van der Waals surface area contributed by atoms with Crippen molar-refractivity contribution in [3.8, 4) is 0 Å². The molecule has 0 aromatic heterocycles. The summed E-state index contributed by atoms with van der Waals surface area (Å²) >= 11 is 5.71. The van der Waals surface area contributed by atoms with Gasteiger partial charge in [-0.2, -0.15) is 0 Å². The summed E-state index contributed by atoms with van der Waals surface area (Å²) in [6.07, 6.45) is 4.28. The highest BCUT2D eigenvalue weighted by molar-refractivity contribution is 6.30. The van der Waals surface area contributed by atoms with Gasteiger partial charge in [-0.1, -0.05) is 31.4 Å². The monoisotopic (exact) mass is 327 g/mol. The summed E-state index contributed by atoms with van der Waals surface area (Å²) in [6.45, 7) is 1.67. The maximum atomic E-state index is 13.5. The second-order valence-electron chi connectivity index (χ2n) is 5.64. The van der Waals surface area contributed by atoms with Crippen molar-refractivity contribution >= 4 is 23.5 Å². The van der Waals surface area contributed by atoms with Crippen molar-refractivity contribution in [3.05, 3.63) is 34.6 Å². The lowest BCUT2D eigenvalue weighted by atomic mass is 9.86. The minimum Gasteiger partial charge on any atom is -0.452 e. The average molecular weight is 328 g/mol. The van der Waals surface area contributed by atoms with Gasteiger partial charge in [-0.25, -0.2) is 9.18 Å². The zero-order chi connectivity index (χ0) is 16.1. The number of hydrogen-bond donors (Lipinski definition) is 1. The van der Waals surface area contributed by atoms with Gasteiger partial charge in [0.05, 0.1) is 5.56 Å². The first-order valence-electron chi connectivity index (χ1n) is 7.39. The van der Waals surface area contributed by atoms with E-state index in [2.05, 4.69) is 12.2 Å². The number of carbonyl (C=O) groups is 2. The van der Waals surface area contributed by atoms with Crippen LogP contribution in [0.3, 0.4) is 0 Å². The normalized spacial score (nSPS) is 21.2. The Morgan fingerprint density at radius 2 is 2.09 bits per heavy atom. The minimum absolute atomic E-state index is 0.114. The van der Waals surface area contributed by atoms with Gasteiger partial charge < -0.3 is 10.1 Å². The molecule has 0 aliphatic heterocycles. The van der Waals surface area contributed by atoms with Crippen molar-refractivity contribution in [2.75, 3.05) is 6.61 Å². The molecule has 1 N–H and O–H groups in total. The van der Waals surface area contributed by atoms with Crippen molar-refractivity contribution in [2.45, 2.75) is 38.6 Å². The Labute approximate surface area is 134 Å². The third kappa shape index (κ3) is 4.44. The number of nitrogens with one attached hydrogen (secondary N) is 1. The third-order valence-corrected chi connectivity index (χ3v) is 4.18. The van der Waals surface area contributed by atoms with Crippen LogP contribution in [-0.2, 0) is 9.53 Å². The number of halogens is 2. The fourth-order valence-corrected chi connectivity index (χ4v) is 2.81. The van der Waals surface area contributed by atoms with Gasteiger partial charge in [0.15, 0.2) is 6.61 Å². The van der Waals surface area contributed by atoms with Gasteiger partial charge >= 0.3 is 5.97 Å². The van der Waals surface area contributed by atoms with Gasteiger partial charge in [0, 0.05) is 11.1 Å². The van der Waals surface area contributed by atoms with Crippen LogP contribution in [0.5, 0.6) is 0 Å². The summed E-state index contributed by atoms with van der Waals surface area (Å²) < 4.78 is 18.4. The topological polar surface area (TPSA) is 55.4 Å². The minimum atomic E-state index is -0.896. The van der Waals surface area contributed by atoms with Crippen LogP contribution in [-0.4, -0.2) is 24.5 Å². The maximum Gasteiger partial charge on any atom is 0.341 e. The van der Waals surface area contributed by atoms with Gasteiger partial charge in [0.1, 0.15) is 5.82 Å². The molecule has 1 amide bonds. The number of hydrogen-bond acceptors (Lipinski definition) is 3. The van der Waals surface area contributed by atoms with Crippen molar-refractivity contribution in [1.29, 1.82) is 0 Å². The molecule has 1 aliphatic carbocycles. The lowest BCUT2D eigenvalue weighted by Crippen LogP contribution is -2.42. The number of benzene rings is 1. The molecular weight excluding hydrogens is 309 g/mol. The summed E-state index contributed by atoms with van der Waals surface area (Å²) in [4.78, 5) is 23.6. The predicted molar refractivity (Wildman–Crippen MR) is 81.3 cm³/mol. The first kappa shape index (κ1) is 16.7. The molecule has 2 rings (SSSR count). The SMILES string of the molecule is C[C@H]1CCCC[C@H]1NC(=O)COC(=O)c1cc(Cl)ccc1F. The standard InChI is InChI=1S/C16H19ClFNO3/c1-10-4-2-3-5-14(10)19-15(20)9-22-16(21)12-8-11(17)6-7-13(12)18/h6-8,10,14H,2-5,9H2,1H3,(H,19,20)/t10-,14+/m0/s1. The first-order chi connectivity index (χ1) is 10.5. The van der Waals surface area contributed by atoms with Crippen molar-refractivity contribution in [2.24, 2.45) is 5.92 Å². The van der Waals surface area contributed by atoms with E-state index in [0.717, 1.165) is 25.3 Å². The number of carbonyl (C=O) groups excluding carboxylic acids is 2. The van der Waals surface area contributed by atoms with Crippen LogP contribution >= 0.6 is 11.6 Å². The lowest BCUT2D eigenvalue weighted by molar-refractivity contribution is -0.125. The highest BCUT2D eigenvalue weighted by Gasteiger charge is 2.23. The van der Waals surface area contributed by atoms with E-state index >= 15 is 0 Å². The van der Waals surface area contributed by atoms with Crippen LogP contribution in [0.25, 0.3) is 0 Å². The Hall–Kier alpha value is -1.62. The second kappa shape index (κ2) is 7.58. The second-order valence-corrected chi connectivity index (χ2v) is 6.07. The maximum absolute atomic E-state index is 13.5. The van der Waals surface area contributed by atoms with E-state index in [9.17, 15) is 14.0 Å². The molecule has 6 heteroatoms. The number of rotatable bonds is 4. The summed E-state index contributed by atoms with van der Waals surface area (Å²) in [5.41, 5.74) is -0.272. The third-order valence-electron chi connectivity index (χ3n) is 3.94. The summed E-state index contributed by atoms with van der Waals surface area (Å²) in [6, 6.07) is 3.72. The quantitative estimate of drug-likeness (QED) is 0.863. The molecule has 0 saturated heterocycles. The van der Waals surface area contributed by atoms with Gasteiger partial charge in [-0.05, 0) is 37.0 Å². The van der Waals surface area contributed by atoms with Crippen molar-refractivity contribution < 1.29 is 18.7 Å². The Balaban J connectivity index is 1.85. The molecule has 22 heavy (non-hydrogen) atoms. The molecule has 1 saturated carbocycles. The fourth-order valence-electron chi connectivity index (χ4n) is 2.64. The summed E-state index contributed by atoms with van der Waals surface area (Å²) in [5.74, 6) is -1.57. The molecule has 0 unspecified atom stereocenters. The molecule has 0 spiro atoms. The smallest absolute Gasteiger partial charge is 0.341 e. The highest BCUT2D eigenvalue weighted by atomic mass is 35.5. The zero-order valence-electron chi connectivity index (χ0n) is 12.4. The largest absolute Gasteiger partial charge is 0.452 e.